The Balaban J connectivity index is 1.88. The van der Waals surface area contributed by atoms with Gasteiger partial charge in [0, 0.05) is 10.9 Å². The number of H-pyrrole nitrogens is 1. The lowest BCUT2D eigenvalue weighted by Gasteiger charge is -2.14. The first-order chi connectivity index (χ1) is 10.6. The van der Waals surface area contributed by atoms with E-state index in [1.807, 2.05) is 44.2 Å². The van der Waals surface area contributed by atoms with E-state index in [1.54, 1.807) is 6.07 Å². The molecule has 2 aromatic carbocycles. The highest BCUT2D eigenvalue weighted by molar-refractivity contribution is 6.01. The minimum absolute atomic E-state index is 0.101. The molecule has 0 aliphatic carbocycles. The third-order valence-electron chi connectivity index (χ3n) is 3.89. The molecule has 2 N–H and O–H groups in total. The average Bonchev–Trinajstić information content (AvgIpc) is 2.85. The Kier molecular flexibility index (Phi) is 3.67. The summed E-state index contributed by atoms with van der Waals surface area (Å²) in [5.41, 5.74) is 3.03. The Bertz CT molecular complexity index is 824. The van der Waals surface area contributed by atoms with Crippen LogP contribution in [0.3, 0.4) is 0 Å². The summed E-state index contributed by atoms with van der Waals surface area (Å²) in [5, 5.41) is 3.70. The topological polar surface area (TPSA) is 44.9 Å². The first-order valence-corrected chi connectivity index (χ1v) is 7.20. The van der Waals surface area contributed by atoms with Gasteiger partial charge in [0.15, 0.2) is 0 Å². The molecule has 0 bridgehead atoms. The van der Waals surface area contributed by atoms with E-state index < -0.39 is 0 Å². The smallest absolute Gasteiger partial charge is 0.268 e. The van der Waals surface area contributed by atoms with Gasteiger partial charge in [-0.1, -0.05) is 30.3 Å². The number of hydrogen-bond acceptors (Lipinski definition) is 1. The predicted octanol–water partition coefficient (Wildman–Crippen LogP) is 4.11. The van der Waals surface area contributed by atoms with Crippen molar-refractivity contribution in [3.8, 4) is 0 Å². The predicted molar refractivity (Wildman–Crippen MR) is 85.3 cm³/mol. The second-order valence-electron chi connectivity index (χ2n) is 5.42. The Morgan fingerprint density at radius 2 is 1.91 bits per heavy atom. The number of nitrogens with one attached hydrogen (secondary N) is 2. The van der Waals surface area contributed by atoms with Gasteiger partial charge in [0.2, 0.25) is 0 Å². The largest absolute Gasteiger partial charge is 0.350 e. The Labute approximate surface area is 128 Å². The van der Waals surface area contributed by atoms with E-state index in [0.717, 1.165) is 22.0 Å². The Morgan fingerprint density at radius 3 is 2.64 bits per heavy atom. The zero-order chi connectivity index (χ0) is 15.7. The molecular weight excluding hydrogens is 279 g/mol. The first-order valence-electron chi connectivity index (χ1n) is 7.20. The second kappa shape index (κ2) is 5.64. The maximum atomic E-state index is 13.3. The Hall–Kier alpha value is -2.62. The summed E-state index contributed by atoms with van der Waals surface area (Å²) in [5.74, 6) is -0.496. The maximum Gasteiger partial charge on any atom is 0.268 e. The number of aromatic nitrogens is 1. The molecule has 1 heterocycles. The lowest BCUT2D eigenvalue weighted by Crippen LogP contribution is -2.27. The number of aromatic amines is 1. The van der Waals surface area contributed by atoms with Crippen LogP contribution in [0.1, 0.15) is 34.6 Å². The summed E-state index contributed by atoms with van der Waals surface area (Å²) in [6.07, 6.45) is 0. The van der Waals surface area contributed by atoms with Crippen molar-refractivity contribution in [3.05, 3.63) is 71.2 Å². The molecule has 1 atom stereocenters. The van der Waals surface area contributed by atoms with Gasteiger partial charge >= 0.3 is 0 Å². The van der Waals surface area contributed by atoms with E-state index in [1.165, 1.54) is 12.1 Å². The molecule has 3 nitrogen and oxygen atoms in total. The highest BCUT2D eigenvalue weighted by Gasteiger charge is 2.17. The van der Waals surface area contributed by atoms with Crippen molar-refractivity contribution < 1.29 is 9.18 Å². The van der Waals surface area contributed by atoms with Gasteiger partial charge in [-0.05, 0) is 43.2 Å². The first kappa shape index (κ1) is 14.3. The van der Waals surface area contributed by atoms with E-state index in [-0.39, 0.29) is 17.8 Å². The van der Waals surface area contributed by atoms with Gasteiger partial charge in [-0.25, -0.2) is 4.39 Å². The molecule has 3 rings (SSSR count). The number of benzene rings is 2. The number of carbonyl (C=O) groups is 1. The number of hydrogen-bond donors (Lipinski definition) is 2. The molecular formula is C18H17FN2O. The minimum atomic E-state index is -0.306. The van der Waals surface area contributed by atoms with Crippen molar-refractivity contribution in [2.24, 2.45) is 0 Å². The SMILES string of the molecule is Cc1c(C(=O)N[C@@H](C)c2ccccc2)[nH]c2ccc(F)cc12. The minimum Gasteiger partial charge on any atom is -0.350 e. The van der Waals surface area contributed by atoms with Crippen LogP contribution in [-0.2, 0) is 0 Å². The molecule has 0 radical (unpaired) electrons. The molecule has 0 unspecified atom stereocenters. The van der Waals surface area contributed by atoms with Crippen molar-refractivity contribution in [2.75, 3.05) is 0 Å². The van der Waals surface area contributed by atoms with Crippen LogP contribution in [0.2, 0.25) is 0 Å². The summed E-state index contributed by atoms with van der Waals surface area (Å²) in [6, 6.07) is 14.1. The van der Waals surface area contributed by atoms with Crippen molar-refractivity contribution in [1.82, 2.24) is 10.3 Å². The zero-order valence-electron chi connectivity index (χ0n) is 12.5. The van der Waals surface area contributed by atoms with Crippen LogP contribution in [0.5, 0.6) is 0 Å². The van der Waals surface area contributed by atoms with Crippen LogP contribution in [-0.4, -0.2) is 10.9 Å². The van der Waals surface area contributed by atoms with Gasteiger partial charge in [-0.15, -0.1) is 0 Å². The van der Waals surface area contributed by atoms with E-state index in [9.17, 15) is 9.18 Å². The lowest BCUT2D eigenvalue weighted by molar-refractivity contribution is 0.0935. The lowest BCUT2D eigenvalue weighted by atomic mass is 10.1. The van der Waals surface area contributed by atoms with Crippen LogP contribution >= 0.6 is 0 Å². The van der Waals surface area contributed by atoms with Gasteiger partial charge in [0.05, 0.1) is 6.04 Å². The quantitative estimate of drug-likeness (QED) is 0.750. The van der Waals surface area contributed by atoms with Gasteiger partial charge in [-0.3, -0.25) is 4.79 Å². The normalized spacial score (nSPS) is 12.3. The van der Waals surface area contributed by atoms with Crippen LogP contribution < -0.4 is 5.32 Å². The van der Waals surface area contributed by atoms with Gasteiger partial charge in [0.1, 0.15) is 11.5 Å². The molecule has 1 amide bonds. The number of rotatable bonds is 3. The molecule has 4 heteroatoms. The molecule has 22 heavy (non-hydrogen) atoms. The summed E-state index contributed by atoms with van der Waals surface area (Å²) >= 11 is 0. The van der Waals surface area contributed by atoms with Crippen molar-refractivity contribution in [2.45, 2.75) is 19.9 Å². The number of amides is 1. The molecule has 0 spiro atoms. The third kappa shape index (κ3) is 2.60. The van der Waals surface area contributed by atoms with Gasteiger partial charge in [-0.2, -0.15) is 0 Å². The van der Waals surface area contributed by atoms with E-state index in [2.05, 4.69) is 10.3 Å². The molecule has 1 aromatic heterocycles. The summed E-state index contributed by atoms with van der Waals surface area (Å²) in [7, 11) is 0. The summed E-state index contributed by atoms with van der Waals surface area (Å²) in [4.78, 5) is 15.5. The molecule has 0 aliphatic heterocycles. The van der Waals surface area contributed by atoms with E-state index >= 15 is 0 Å². The molecule has 0 fully saturated rings. The third-order valence-corrected chi connectivity index (χ3v) is 3.89. The van der Waals surface area contributed by atoms with Gasteiger partial charge < -0.3 is 10.3 Å². The van der Waals surface area contributed by atoms with Gasteiger partial charge in [0.25, 0.3) is 5.91 Å². The number of fused-ring (bicyclic) bond motifs is 1. The van der Waals surface area contributed by atoms with Crippen molar-refractivity contribution >= 4 is 16.8 Å². The number of aryl methyl sites for hydroxylation is 1. The van der Waals surface area contributed by atoms with Crippen molar-refractivity contribution in [1.29, 1.82) is 0 Å². The monoisotopic (exact) mass is 296 g/mol. The maximum absolute atomic E-state index is 13.3. The second-order valence-corrected chi connectivity index (χ2v) is 5.42. The standard InChI is InChI=1S/C18H17FN2O/c1-11-15-10-14(19)8-9-16(15)21-17(11)18(22)20-12(2)13-6-4-3-5-7-13/h3-10,12,21H,1-2H3,(H,20,22)/t12-/m0/s1. The molecule has 0 saturated carbocycles. The highest BCUT2D eigenvalue weighted by atomic mass is 19.1. The van der Waals surface area contributed by atoms with Crippen LogP contribution in [0.4, 0.5) is 4.39 Å². The summed E-state index contributed by atoms with van der Waals surface area (Å²) in [6.45, 7) is 3.76. The average molecular weight is 296 g/mol. The Morgan fingerprint density at radius 1 is 1.18 bits per heavy atom. The fraction of sp³-hybridized carbons (Fsp3) is 0.167. The van der Waals surface area contributed by atoms with Crippen molar-refractivity contribution in [3.63, 3.8) is 0 Å². The number of carbonyl (C=O) groups excluding carboxylic acids is 1. The molecule has 0 saturated heterocycles. The molecule has 112 valence electrons. The van der Waals surface area contributed by atoms with Crippen LogP contribution in [0.15, 0.2) is 48.5 Å². The fourth-order valence-corrected chi connectivity index (χ4v) is 2.62. The van der Waals surface area contributed by atoms with E-state index in [4.69, 9.17) is 0 Å². The van der Waals surface area contributed by atoms with Crippen LogP contribution in [0.25, 0.3) is 10.9 Å². The van der Waals surface area contributed by atoms with E-state index in [0.29, 0.717) is 5.69 Å². The fourth-order valence-electron chi connectivity index (χ4n) is 2.62. The van der Waals surface area contributed by atoms with Crippen LogP contribution in [0, 0.1) is 12.7 Å². The molecule has 0 aliphatic rings. The summed E-state index contributed by atoms with van der Waals surface area (Å²) < 4.78 is 13.3. The number of halogens is 1. The molecule has 3 aromatic rings. The zero-order valence-corrected chi connectivity index (χ0v) is 12.5. The highest BCUT2D eigenvalue weighted by Crippen LogP contribution is 2.23.